The zero-order valence-electron chi connectivity index (χ0n) is 19.6. The first kappa shape index (κ1) is 30.3. The van der Waals surface area contributed by atoms with Gasteiger partial charge in [-0.2, -0.15) is 0 Å². The van der Waals surface area contributed by atoms with Gasteiger partial charge in [-0.15, -0.1) is 11.8 Å². The van der Waals surface area contributed by atoms with Crippen molar-refractivity contribution in [3.8, 4) is 0 Å². The maximum absolute atomic E-state index is 11.3. The average Bonchev–Trinajstić information content (AvgIpc) is 2.77. The Morgan fingerprint density at radius 2 is 1.78 bits per heavy atom. The summed E-state index contributed by atoms with van der Waals surface area (Å²) in [5.74, 6) is 0.548. The highest BCUT2D eigenvalue weighted by atomic mass is 32.2. The Morgan fingerprint density at radius 3 is 2.34 bits per heavy atom. The number of allylic oxidation sites excluding steroid dienone is 1. The molecule has 0 aromatic heterocycles. The van der Waals surface area contributed by atoms with E-state index < -0.39 is 29.8 Å². The molecular formula is C23H39N3O5S. The van der Waals surface area contributed by atoms with Crippen LogP contribution in [0.3, 0.4) is 0 Å². The molecule has 9 heteroatoms. The van der Waals surface area contributed by atoms with Crippen LogP contribution in [0.4, 0.5) is 0 Å². The van der Waals surface area contributed by atoms with Gasteiger partial charge < -0.3 is 36.0 Å². The fourth-order valence-electron chi connectivity index (χ4n) is 2.80. The van der Waals surface area contributed by atoms with Gasteiger partial charge in [0, 0.05) is 14.0 Å². The second-order valence-corrected chi connectivity index (χ2v) is 8.45. The predicted octanol–water partition coefficient (Wildman–Crippen LogP) is 0.803. The quantitative estimate of drug-likeness (QED) is 0.194. The first-order valence-corrected chi connectivity index (χ1v) is 11.8. The van der Waals surface area contributed by atoms with Gasteiger partial charge in [0.15, 0.2) is 0 Å². The number of nitrogens with one attached hydrogen (secondary N) is 3. The molecule has 1 heterocycles. The van der Waals surface area contributed by atoms with E-state index in [1.165, 1.54) is 18.7 Å². The van der Waals surface area contributed by atoms with Crippen LogP contribution in [0.2, 0.25) is 0 Å². The Hall–Kier alpha value is -1.72. The van der Waals surface area contributed by atoms with Gasteiger partial charge in [0.25, 0.3) is 0 Å². The van der Waals surface area contributed by atoms with Gasteiger partial charge in [-0.3, -0.25) is 4.79 Å². The smallest absolute Gasteiger partial charge is 0.217 e. The Morgan fingerprint density at radius 1 is 1.09 bits per heavy atom. The van der Waals surface area contributed by atoms with Crippen LogP contribution in [-0.4, -0.2) is 84.0 Å². The lowest BCUT2D eigenvalue weighted by Gasteiger charge is -2.42. The molecular weight excluding hydrogens is 430 g/mol. The van der Waals surface area contributed by atoms with Crippen LogP contribution >= 0.6 is 11.8 Å². The summed E-state index contributed by atoms with van der Waals surface area (Å²) in [6, 6.07) is -0.681. The number of rotatable bonds is 11. The first-order valence-electron chi connectivity index (χ1n) is 10.8. The molecule has 1 rings (SSSR count). The van der Waals surface area contributed by atoms with Gasteiger partial charge in [-0.1, -0.05) is 18.6 Å². The second-order valence-electron chi connectivity index (χ2n) is 7.25. The van der Waals surface area contributed by atoms with E-state index in [1.54, 1.807) is 0 Å². The normalized spacial score (nSPS) is 23.9. The van der Waals surface area contributed by atoms with Crippen molar-refractivity contribution in [1.29, 1.82) is 0 Å². The molecule has 5 unspecified atom stereocenters. The van der Waals surface area contributed by atoms with Crippen LogP contribution in [0.5, 0.6) is 0 Å². The Kier molecular flexibility index (Phi) is 17.8. The molecule has 1 amide bonds. The highest BCUT2D eigenvalue weighted by Crippen LogP contribution is 2.29. The molecule has 0 aromatic carbocycles. The first-order chi connectivity index (χ1) is 15.3. The molecule has 1 aliphatic rings. The van der Waals surface area contributed by atoms with Crippen LogP contribution in [-0.2, 0) is 9.53 Å². The molecule has 8 nitrogen and oxygen atoms in total. The molecule has 1 saturated heterocycles. The fraction of sp³-hybridized carbons (Fsp3) is 0.696. The SMILES string of the molecule is C=C=C=C=C=C(C)NC.CNCCCCCCSC1OC(CO)C(O)C(O)C1NC(C)=O. The number of aliphatic hydroxyl groups excluding tert-OH is 3. The molecule has 182 valence electrons. The molecule has 6 N–H and O–H groups in total. The van der Waals surface area contributed by atoms with Crippen molar-refractivity contribution >= 4 is 17.7 Å². The number of carbonyl (C=O) groups excluding carboxylic acids is 1. The molecule has 1 aliphatic heterocycles. The number of hydrogen-bond donors (Lipinski definition) is 6. The Labute approximate surface area is 196 Å². The van der Waals surface area contributed by atoms with Crippen molar-refractivity contribution < 1.29 is 24.9 Å². The van der Waals surface area contributed by atoms with Crippen LogP contribution < -0.4 is 16.0 Å². The standard InChI is InChI=1S/C15H30N2O5S.C8H9N/c1-10(19)17-12-14(21)13(20)11(9-18)22-15(12)23-8-6-4-3-5-7-16-2;1-4-5-6-7-8(2)9-3/h11-16,18,20-21H,3-9H2,1-2H3,(H,17,19);9H,1H2,2-3H3. The summed E-state index contributed by atoms with van der Waals surface area (Å²) in [6.07, 6.45) is 1.23. The van der Waals surface area contributed by atoms with E-state index in [0.717, 1.165) is 43.7 Å². The lowest BCUT2D eigenvalue weighted by atomic mass is 9.98. The van der Waals surface area contributed by atoms with E-state index in [1.807, 2.05) is 21.0 Å². The third-order valence-electron chi connectivity index (χ3n) is 4.63. The number of hydrogen-bond acceptors (Lipinski definition) is 8. The maximum atomic E-state index is 11.3. The van der Waals surface area contributed by atoms with E-state index in [0.29, 0.717) is 0 Å². The van der Waals surface area contributed by atoms with Crippen molar-refractivity contribution in [3.05, 3.63) is 35.2 Å². The summed E-state index contributed by atoms with van der Waals surface area (Å²) in [6.45, 7) is 7.21. The average molecular weight is 470 g/mol. The topological polar surface area (TPSA) is 123 Å². The van der Waals surface area contributed by atoms with E-state index in [4.69, 9.17) is 4.74 Å². The van der Waals surface area contributed by atoms with Crippen molar-refractivity contribution in [1.82, 2.24) is 16.0 Å². The molecule has 0 spiro atoms. The zero-order valence-corrected chi connectivity index (χ0v) is 20.4. The predicted molar refractivity (Wildman–Crippen MR) is 128 cm³/mol. The molecule has 0 saturated carbocycles. The van der Waals surface area contributed by atoms with Gasteiger partial charge in [0.2, 0.25) is 5.91 Å². The molecule has 0 bridgehead atoms. The molecule has 0 aliphatic carbocycles. The van der Waals surface area contributed by atoms with Crippen LogP contribution in [0.15, 0.2) is 35.2 Å². The molecule has 5 atom stereocenters. The summed E-state index contributed by atoms with van der Waals surface area (Å²) in [4.78, 5) is 11.3. The zero-order chi connectivity index (χ0) is 24.4. The lowest BCUT2D eigenvalue weighted by Crippen LogP contribution is -2.63. The number of thioether (sulfide) groups is 1. The maximum Gasteiger partial charge on any atom is 0.217 e. The van der Waals surface area contributed by atoms with Crippen molar-refractivity contribution in [2.24, 2.45) is 0 Å². The van der Waals surface area contributed by atoms with Gasteiger partial charge in [-0.25, -0.2) is 0 Å². The van der Waals surface area contributed by atoms with Crippen molar-refractivity contribution in [2.75, 3.05) is 33.0 Å². The molecule has 0 radical (unpaired) electrons. The minimum Gasteiger partial charge on any atom is -0.394 e. The van der Waals surface area contributed by atoms with E-state index in [9.17, 15) is 20.1 Å². The fourth-order valence-corrected chi connectivity index (χ4v) is 4.06. The van der Waals surface area contributed by atoms with Gasteiger partial charge in [0.05, 0.1) is 18.3 Å². The van der Waals surface area contributed by atoms with Crippen molar-refractivity contribution in [3.63, 3.8) is 0 Å². The molecule has 1 fully saturated rings. The second kappa shape index (κ2) is 18.8. The Bertz CT molecular complexity index is 694. The minimum absolute atomic E-state index is 0.287. The van der Waals surface area contributed by atoms with Gasteiger partial charge in [-0.05, 0) is 62.9 Å². The van der Waals surface area contributed by atoms with E-state index in [-0.39, 0.29) is 12.5 Å². The van der Waals surface area contributed by atoms with Crippen LogP contribution in [0, 0.1) is 0 Å². The number of unbranched alkanes of at least 4 members (excludes halogenated alkanes) is 3. The van der Waals surface area contributed by atoms with E-state index >= 15 is 0 Å². The summed E-state index contributed by atoms with van der Waals surface area (Å²) < 4.78 is 5.66. The summed E-state index contributed by atoms with van der Waals surface area (Å²) in [7, 11) is 3.76. The highest BCUT2D eigenvalue weighted by Gasteiger charge is 2.44. The van der Waals surface area contributed by atoms with Gasteiger partial charge >= 0.3 is 0 Å². The minimum atomic E-state index is -1.21. The van der Waals surface area contributed by atoms with Gasteiger partial charge in [0.1, 0.15) is 23.7 Å². The third kappa shape index (κ3) is 13.0. The Balaban J connectivity index is 0.000000900. The number of ether oxygens (including phenoxy) is 1. The highest BCUT2D eigenvalue weighted by molar-refractivity contribution is 7.99. The largest absolute Gasteiger partial charge is 0.394 e. The number of amides is 1. The van der Waals surface area contributed by atoms with Crippen molar-refractivity contribution in [2.45, 2.75) is 69.3 Å². The summed E-state index contributed by atoms with van der Waals surface area (Å²) in [5, 5.41) is 38.0. The monoisotopic (exact) mass is 469 g/mol. The number of aliphatic hydroxyl groups is 3. The van der Waals surface area contributed by atoms with Crippen LogP contribution in [0.1, 0.15) is 39.5 Å². The summed E-state index contributed by atoms with van der Waals surface area (Å²) in [5.41, 5.74) is 10.8. The summed E-state index contributed by atoms with van der Waals surface area (Å²) >= 11 is 1.50. The third-order valence-corrected chi connectivity index (χ3v) is 5.89. The van der Waals surface area contributed by atoms with Crippen LogP contribution in [0.25, 0.3) is 0 Å². The lowest BCUT2D eigenvalue weighted by molar-refractivity contribution is -0.173. The molecule has 0 aromatic rings. The molecule has 32 heavy (non-hydrogen) atoms. The van der Waals surface area contributed by atoms with E-state index in [2.05, 4.69) is 45.5 Å². The number of carbonyl (C=O) groups is 1.